The van der Waals surface area contributed by atoms with Crippen molar-refractivity contribution in [2.45, 2.75) is 20.4 Å². The Morgan fingerprint density at radius 2 is 2.28 bits per heavy atom. The van der Waals surface area contributed by atoms with Crippen LogP contribution in [0.4, 0.5) is 5.95 Å². The van der Waals surface area contributed by atoms with Gasteiger partial charge in [0.25, 0.3) is 0 Å². The average Bonchev–Trinajstić information content (AvgIpc) is 2.85. The molecule has 2 aromatic rings. The summed E-state index contributed by atoms with van der Waals surface area (Å²) < 4.78 is 1.17. The van der Waals surface area contributed by atoms with Crippen LogP contribution < -0.4 is 0 Å². The molecule has 2 rings (SSSR count). The number of aryl methyl sites for hydroxylation is 2. The minimum Gasteiger partial charge on any atom is -0.390 e. The van der Waals surface area contributed by atoms with Crippen LogP contribution >= 0.6 is 11.3 Å². The van der Waals surface area contributed by atoms with Gasteiger partial charge in [-0.05, 0) is 24.8 Å². The van der Waals surface area contributed by atoms with Gasteiger partial charge < -0.3 is 10.1 Å². The van der Waals surface area contributed by atoms with E-state index < -0.39 is 10.9 Å². The molecule has 94 valence electrons. The lowest BCUT2D eigenvalue weighted by Gasteiger charge is -1.96. The third-order valence-electron chi connectivity index (χ3n) is 2.33. The molecule has 0 saturated heterocycles. The quantitative estimate of drug-likeness (QED) is 0.477. The minimum absolute atomic E-state index is 0.0438. The Bertz CT molecular complexity index is 616. The summed E-state index contributed by atoms with van der Waals surface area (Å²) in [5.41, 5.74) is 0.635. The average molecular weight is 266 g/mol. The lowest BCUT2D eigenvalue weighted by Crippen LogP contribution is -2.11. The first kappa shape index (κ1) is 12.4. The van der Waals surface area contributed by atoms with Crippen LogP contribution in [0.3, 0.4) is 0 Å². The van der Waals surface area contributed by atoms with E-state index in [4.69, 9.17) is 0 Å². The zero-order valence-electron chi connectivity index (χ0n) is 9.78. The fourth-order valence-corrected chi connectivity index (χ4v) is 2.53. The molecule has 0 aliphatic heterocycles. The van der Waals surface area contributed by atoms with E-state index in [1.807, 2.05) is 19.9 Å². The maximum Gasteiger partial charge on any atom is 0.490 e. The smallest absolute Gasteiger partial charge is 0.390 e. The molecule has 0 aromatic carbocycles. The summed E-state index contributed by atoms with van der Waals surface area (Å²) in [4.78, 5) is 27.2. The van der Waals surface area contributed by atoms with Gasteiger partial charge in [-0.15, -0.1) is 11.3 Å². The third-order valence-corrected chi connectivity index (χ3v) is 3.30. The van der Waals surface area contributed by atoms with Gasteiger partial charge in [-0.2, -0.15) is 4.68 Å². The zero-order chi connectivity index (χ0) is 13.3. The van der Waals surface area contributed by atoms with E-state index >= 15 is 0 Å². The fourth-order valence-electron chi connectivity index (χ4n) is 1.58. The molecule has 2 heterocycles. The highest BCUT2D eigenvalue weighted by Crippen LogP contribution is 2.21. The molecule has 7 nitrogen and oxygen atoms in total. The van der Waals surface area contributed by atoms with E-state index in [0.29, 0.717) is 5.56 Å². The van der Waals surface area contributed by atoms with Gasteiger partial charge in [0, 0.05) is 20.4 Å². The number of carbonyl (C=O) groups is 1. The lowest BCUT2D eigenvalue weighted by molar-refractivity contribution is -0.394. The molecule has 18 heavy (non-hydrogen) atoms. The number of hydrogen-bond acceptors (Lipinski definition) is 6. The molecule has 0 aliphatic rings. The van der Waals surface area contributed by atoms with Crippen LogP contribution in [0.2, 0.25) is 0 Å². The van der Waals surface area contributed by atoms with E-state index in [0.717, 1.165) is 9.75 Å². The minimum atomic E-state index is -0.693. The molecule has 0 bridgehead atoms. The SMILES string of the molecule is Cc1cc(C(=O)Cn2cnc([N+](=O)[O-])n2)c(C)s1. The Kier molecular flexibility index (Phi) is 3.19. The molecule has 0 aliphatic carbocycles. The predicted octanol–water partition coefficient (Wildman–Crippen LogP) is 1.75. The highest BCUT2D eigenvalue weighted by Gasteiger charge is 2.18. The van der Waals surface area contributed by atoms with Gasteiger partial charge in [0.2, 0.25) is 6.33 Å². The number of Topliss-reactive ketones (excluding diaryl/α,β-unsaturated/α-hetero) is 1. The van der Waals surface area contributed by atoms with E-state index in [2.05, 4.69) is 10.1 Å². The van der Waals surface area contributed by atoms with Crippen molar-refractivity contribution in [2.75, 3.05) is 0 Å². The topological polar surface area (TPSA) is 90.9 Å². The molecule has 0 atom stereocenters. The van der Waals surface area contributed by atoms with Crippen LogP contribution in [0.1, 0.15) is 20.1 Å². The summed E-state index contributed by atoms with van der Waals surface area (Å²) in [5.74, 6) is -0.627. The number of rotatable bonds is 4. The fraction of sp³-hybridized carbons (Fsp3) is 0.300. The third kappa shape index (κ3) is 2.43. The summed E-state index contributed by atoms with van der Waals surface area (Å²) in [7, 11) is 0. The first-order chi connectivity index (χ1) is 8.47. The monoisotopic (exact) mass is 266 g/mol. The largest absolute Gasteiger partial charge is 0.490 e. The van der Waals surface area contributed by atoms with Crippen molar-refractivity contribution in [3.63, 3.8) is 0 Å². The summed E-state index contributed by atoms with van der Waals surface area (Å²) in [5, 5.41) is 14.0. The highest BCUT2D eigenvalue weighted by molar-refractivity contribution is 7.12. The van der Waals surface area contributed by atoms with Gasteiger partial charge in [-0.3, -0.25) is 4.79 Å². The maximum atomic E-state index is 12.0. The van der Waals surface area contributed by atoms with E-state index in [9.17, 15) is 14.9 Å². The number of ketones is 1. The van der Waals surface area contributed by atoms with Gasteiger partial charge in [-0.1, -0.05) is 4.98 Å². The Balaban J connectivity index is 2.16. The van der Waals surface area contributed by atoms with E-state index in [1.165, 1.54) is 11.0 Å². The van der Waals surface area contributed by atoms with Gasteiger partial charge in [0.05, 0.1) is 0 Å². The molecule has 0 N–H and O–H groups in total. The molecule has 0 amide bonds. The van der Waals surface area contributed by atoms with Crippen LogP contribution in [0.15, 0.2) is 12.4 Å². The number of thiophene rings is 1. The standard InChI is InChI=1S/C10H10N4O3S/c1-6-3-8(7(2)18-6)9(15)4-13-5-11-10(12-13)14(16)17/h3,5H,4H2,1-2H3. The van der Waals surface area contributed by atoms with Crippen LogP contribution in [-0.4, -0.2) is 25.5 Å². The van der Waals surface area contributed by atoms with Crippen LogP contribution in [0.25, 0.3) is 0 Å². The number of nitrogens with zero attached hydrogens (tertiary/aromatic N) is 4. The summed E-state index contributed by atoms with van der Waals surface area (Å²) >= 11 is 1.54. The Hall–Kier alpha value is -2.09. The lowest BCUT2D eigenvalue weighted by atomic mass is 10.1. The second-order valence-electron chi connectivity index (χ2n) is 3.75. The number of aromatic nitrogens is 3. The first-order valence-corrected chi connectivity index (χ1v) is 5.93. The van der Waals surface area contributed by atoms with Crippen molar-refractivity contribution in [1.29, 1.82) is 0 Å². The molecule has 8 heteroatoms. The maximum absolute atomic E-state index is 12.0. The molecule has 0 fully saturated rings. The molecule has 0 radical (unpaired) electrons. The number of nitro groups is 1. The predicted molar refractivity (Wildman–Crippen MR) is 64.8 cm³/mol. The van der Waals surface area contributed by atoms with Crippen LogP contribution in [-0.2, 0) is 6.54 Å². The van der Waals surface area contributed by atoms with Crippen molar-refractivity contribution in [2.24, 2.45) is 0 Å². The van der Waals surface area contributed by atoms with Gasteiger partial charge in [0.15, 0.2) is 5.78 Å². The Morgan fingerprint density at radius 1 is 1.56 bits per heavy atom. The summed E-state index contributed by atoms with van der Waals surface area (Å²) in [6, 6.07) is 1.81. The molecule has 2 aromatic heterocycles. The molecular formula is C10H10N4O3S. The first-order valence-electron chi connectivity index (χ1n) is 5.11. The van der Waals surface area contributed by atoms with E-state index in [1.54, 1.807) is 11.3 Å². The molecule has 0 saturated carbocycles. The number of hydrogen-bond donors (Lipinski definition) is 0. The Labute approximate surface area is 106 Å². The zero-order valence-corrected chi connectivity index (χ0v) is 10.6. The van der Waals surface area contributed by atoms with Crippen molar-refractivity contribution >= 4 is 23.1 Å². The van der Waals surface area contributed by atoms with Crippen molar-refractivity contribution < 1.29 is 9.72 Å². The van der Waals surface area contributed by atoms with Crippen molar-refractivity contribution in [1.82, 2.24) is 14.8 Å². The van der Waals surface area contributed by atoms with Gasteiger partial charge in [0.1, 0.15) is 6.54 Å². The second kappa shape index (κ2) is 4.65. The molecule has 0 spiro atoms. The molecule has 0 unspecified atom stereocenters. The summed E-state index contributed by atoms with van der Waals surface area (Å²) in [6.07, 6.45) is 1.19. The van der Waals surface area contributed by atoms with Crippen LogP contribution in [0, 0.1) is 24.0 Å². The van der Waals surface area contributed by atoms with E-state index in [-0.39, 0.29) is 12.3 Å². The van der Waals surface area contributed by atoms with Crippen molar-refractivity contribution in [3.8, 4) is 0 Å². The van der Waals surface area contributed by atoms with Gasteiger partial charge >= 0.3 is 5.95 Å². The van der Waals surface area contributed by atoms with Crippen molar-refractivity contribution in [3.05, 3.63) is 37.8 Å². The Morgan fingerprint density at radius 3 is 2.78 bits per heavy atom. The molecular weight excluding hydrogens is 256 g/mol. The second-order valence-corrected chi connectivity index (χ2v) is 5.21. The van der Waals surface area contributed by atoms with Gasteiger partial charge in [-0.25, -0.2) is 0 Å². The summed E-state index contributed by atoms with van der Waals surface area (Å²) in [6.45, 7) is 3.75. The highest BCUT2D eigenvalue weighted by atomic mass is 32.1. The number of carbonyl (C=O) groups excluding carboxylic acids is 1. The van der Waals surface area contributed by atoms with Crippen LogP contribution in [0.5, 0.6) is 0 Å². The normalized spacial score (nSPS) is 10.6.